The van der Waals surface area contributed by atoms with Crippen molar-refractivity contribution in [2.45, 2.75) is 43.9 Å². The quantitative estimate of drug-likeness (QED) is 0.639. The summed E-state index contributed by atoms with van der Waals surface area (Å²) in [6.07, 6.45) is 6.41. The van der Waals surface area contributed by atoms with Crippen LogP contribution in [-0.4, -0.2) is 0 Å². The average molecular weight is 335 g/mol. The molecule has 0 nitrogen and oxygen atoms in total. The van der Waals surface area contributed by atoms with Crippen LogP contribution in [-0.2, 0) is 19.3 Å². The fourth-order valence-electron chi connectivity index (χ4n) is 2.80. The van der Waals surface area contributed by atoms with E-state index < -0.39 is 0 Å². The van der Waals surface area contributed by atoms with Gasteiger partial charge in [-0.2, -0.15) is 0 Å². The molecule has 1 atom stereocenters. The Bertz CT molecular complexity index is 547. The Morgan fingerprint density at radius 3 is 2.79 bits per heavy atom. The first-order valence-electron chi connectivity index (χ1n) is 7.04. The van der Waals surface area contributed by atoms with Gasteiger partial charge in [-0.3, -0.25) is 0 Å². The fraction of sp³-hybridized carbons (Fsp3) is 0.412. The summed E-state index contributed by atoms with van der Waals surface area (Å²) < 4.78 is 0. The molecule has 1 aliphatic rings. The Kier molecular flexibility index (Phi) is 4.09. The van der Waals surface area contributed by atoms with Gasteiger partial charge >= 0.3 is 0 Å². The van der Waals surface area contributed by atoms with Crippen LogP contribution in [0.25, 0.3) is 0 Å². The summed E-state index contributed by atoms with van der Waals surface area (Å²) in [6, 6.07) is 11.1. The Labute approximate surface area is 128 Å². The number of aryl methyl sites for hydroxylation is 3. The Morgan fingerprint density at radius 1 is 1.21 bits per heavy atom. The molecule has 0 aliphatic heterocycles. The first-order chi connectivity index (χ1) is 9.24. The van der Waals surface area contributed by atoms with Crippen LogP contribution in [0.15, 0.2) is 30.3 Å². The second kappa shape index (κ2) is 5.80. The Hall–Kier alpha value is -0.600. The van der Waals surface area contributed by atoms with Gasteiger partial charge in [0.05, 0.1) is 4.83 Å². The third kappa shape index (κ3) is 2.95. The van der Waals surface area contributed by atoms with Crippen molar-refractivity contribution >= 4 is 27.3 Å². The molecule has 0 bridgehead atoms. The van der Waals surface area contributed by atoms with Crippen molar-refractivity contribution in [3.8, 4) is 0 Å². The largest absolute Gasteiger partial charge is 0.144 e. The minimum atomic E-state index is 0.462. The van der Waals surface area contributed by atoms with Gasteiger partial charge in [0.25, 0.3) is 0 Å². The van der Waals surface area contributed by atoms with E-state index in [1.54, 1.807) is 10.4 Å². The molecule has 0 radical (unpaired) electrons. The number of thiophene rings is 1. The van der Waals surface area contributed by atoms with E-state index in [1.807, 2.05) is 11.3 Å². The molecule has 0 spiro atoms. The lowest BCUT2D eigenvalue weighted by molar-refractivity contribution is 0.697. The minimum Gasteiger partial charge on any atom is -0.144 e. The summed E-state index contributed by atoms with van der Waals surface area (Å²) in [5, 5.41) is 0. The highest BCUT2D eigenvalue weighted by Crippen LogP contribution is 2.37. The van der Waals surface area contributed by atoms with Crippen LogP contribution < -0.4 is 0 Å². The molecule has 3 rings (SSSR count). The molecule has 0 fully saturated rings. The summed E-state index contributed by atoms with van der Waals surface area (Å²) in [5.41, 5.74) is 4.46. The molecular formula is C17H19BrS. The van der Waals surface area contributed by atoms with Crippen molar-refractivity contribution in [3.63, 3.8) is 0 Å². The maximum Gasteiger partial charge on any atom is 0.0529 e. The number of hydrogen-bond acceptors (Lipinski definition) is 1. The molecule has 2 aromatic rings. The second-order valence-corrected chi connectivity index (χ2v) is 7.68. The SMILES string of the molecule is Cc1ccccc1CC(Br)c1cc2c(s1)CCCC2. The van der Waals surface area contributed by atoms with Gasteiger partial charge in [0.15, 0.2) is 0 Å². The molecule has 1 heterocycles. The summed E-state index contributed by atoms with van der Waals surface area (Å²) in [7, 11) is 0. The lowest BCUT2D eigenvalue weighted by Gasteiger charge is -2.10. The smallest absolute Gasteiger partial charge is 0.0529 e. The number of fused-ring (bicyclic) bond motifs is 1. The van der Waals surface area contributed by atoms with E-state index in [0.29, 0.717) is 4.83 Å². The van der Waals surface area contributed by atoms with Crippen LogP contribution in [0.3, 0.4) is 0 Å². The molecule has 1 aromatic carbocycles. The summed E-state index contributed by atoms with van der Waals surface area (Å²) in [5.74, 6) is 0. The molecule has 0 amide bonds. The van der Waals surface area contributed by atoms with E-state index in [-0.39, 0.29) is 0 Å². The van der Waals surface area contributed by atoms with Crippen molar-refractivity contribution in [1.82, 2.24) is 0 Å². The zero-order valence-electron chi connectivity index (χ0n) is 11.3. The van der Waals surface area contributed by atoms with E-state index >= 15 is 0 Å². The number of rotatable bonds is 3. The monoisotopic (exact) mass is 334 g/mol. The van der Waals surface area contributed by atoms with E-state index in [9.17, 15) is 0 Å². The number of alkyl halides is 1. The Balaban J connectivity index is 1.79. The first-order valence-corrected chi connectivity index (χ1v) is 8.77. The molecule has 0 saturated carbocycles. The van der Waals surface area contributed by atoms with E-state index in [0.717, 1.165) is 6.42 Å². The highest BCUT2D eigenvalue weighted by molar-refractivity contribution is 9.09. The van der Waals surface area contributed by atoms with Crippen molar-refractivity contribution in [1.29, 1.82) is 0 Å². The summed E-state index contributed by atoms with van der Waals surface area (Å²) in [4.78, 5) is 3.61. The predicted octanol–water partition coefficient (Wildman–Crippen LogP) is 5.61. The van der Waals surface area contributed by atoms with Gasteiger partial charge in [-0.1, -0.05) is 40.2 Å². The lowest BCUT2D eigenvalue weighted by atomic mass is 9.98. The molecule has 0 saturated heterocycles. The summed E-state index contributed by atoms with van der Waals surface area (Å²) >= 11 is 5.92. The maximum absolute atomic E-state index is 3.89. The van der Waals surface area contributed by atoms with Gasteiger partial charge in [-0.15, -0.1) is 11.3 Å². The van der Waals surface area contributed by atoms with Gasteiger partial charge in [0.2, 0.25) is 0 Å². The zero-order chi connectivity index (χ0) is 13.2. The van der Waals surface area contributed by atoms with Crippen molar-refractivity contribution in [2.24, 2.45) is 0 Å². The molecule has 1 aromatic heterocycles. The van der Waals surface area contributed by atoms with Crippen molar-refractivity contribution in [3.05, 3.63) is 56.8 Å². The number of halogens is 1. The van der Waals surface area contributed by atoms with Gasteiger partial charge in [-0.25, -0.2) is 0 Å². The van der Waals surface area contributed by atoms with Crippen LogP contribution in [0.2, 0.25) is 0 Å². The van der Waals surface area contributed by atoms with Gasteiger partial charge < -0.3 is 0 Å². The maximum atomic E-state index is 3.89. The van der Waals surface area contributed by atoms with Crippen LogP contribution in [0.1, 0.15) is 44.1 Å². The van der Waals surface area contributed by atoms with E-state index in [4.69, 9.17) is 0 Å². The molecule has 1 unspecified atom stereocenters. The third-order valence-electron chi connectivity index (χ3n) is 3.98. The average Bonchev–Trinajstić information content (AvgIpc) is 2.85. The van der Waals surface area contributed by atoms with E-state index in [2.05, 4.69) is 53.2 Å². The molecular weight excluding hydrogens is 316 g/mol. The Morgan fingerprint density at radius 2 is 2.00 bits per heavy atom. The molecule has 100 valence electrons. The second-order valence-electron chi connectivity index (χ2n) is 5.40. The lowest BCUT2D eigenvalue weighted by Crippen LogP contribution is -1.97. The topological polar surface area (TPSA) is 0 Å². The summed E-state index contributed by atoms with van der Waals surface area (Å²) in [6.45, 7) is 2.20. The third-order valence-corrected chi connectivity index (χ3v) is 6.46. The normalized spacial score (nSPS) is 16.1. The van der Waals surface area contributed by atoms with Crippen LogP contribution in [0.5, 0.6) is 0 Å². The van der Waals surface area contributed by atoms with Gasteiger partial charge in [0, 0.05) is 9.75 Å². The zero-order valence-corrected chi connectivity index (χ0v) is 13.7. The molecule has 2 heteroatoms. The highest BCUT2D eigenvalue weighted by Gasteiger charge is 2.18. The van der Waals surface area contributed by atoms with Crippen LogP contribution in [0, 0.1) is 6.92 Å². The van der Waals surface area contributed by atoms with Crippen molar-refractivity contribution in [2.75, 3.05) is 0 Å². The molecule has 1 aliphatic carbocycles. The minimum absolute atomic E-state index is 0.462. The first kappa shape index (κ1) is 13.4. The highest BCUT2D eigenvalue weighted by atomic mass is 79.9. The van der Waals surface area contributed by atoms with Gasteiger partial charge in [0.1, 0.15) is 0 Å². The van der Waals surface area contributed by atoms with Gasteiger partial charge in [-0.05, 0) is 61.8 Å². The van der Waals surface area contributed by atoms with E-state index in [1.165, 1.54) is 41.7 Å². The number of hydrogen-bond donors (Lipinski definition) is 0. The van der Waals surface area contributed by atoms with Crippen LogP contribution >= 0.6 is 27.3 Å². The number of benzene rings is 1. The fourth-order valence-corrected chi connectivity index (χ4v) is 4.80. The predicted molar refractivity (Wildman–Crippen MR) is 87.5 cm³/mol. The molecule has 0 N–H and O–H groups in total. The van der Waals surface area contributed by atoms with Crippen LogP contribution in [0.4, 0.5) is 0 Å². The standard InChI is InChI=1S/C17H19BrS/c1-12-6-2-3-7-13(12)10-15(18)17-11-14-8-4-5-9-16(14)19-17/h2-3,6-7,11,15H,4-5,8-10H2,1H3. The van der Waals surface area contributed by atoms with Crippen molar-refractivity contribution < 1.29 is 0 Å². The molecule has 19 heavy (non-hydrogen) atoms.